The minimum Gasteiger partial charge on any atom is -0.247 e. The highest BCUT2D eigenvalue weighted by molar-refractivity contribution is 7.92. The summed E-state index contributed by atoms with van der Waals surface area (Å²) in [4.78, 5) is 14.5. The van der Waals surface area contributed by atoms with Gasteiger partial charge < -0.3 is 0 Å². The highest BCUT2D eigenvalue weighted by Crippen LogP contribution is 2.11. The van der Waals surface area contributed by atoms with Gasteiger partial charge in [0, 0.05) is 12.4 Å². The zero-order valence-electron chi connectivity index (χ0n) is 8.28. The molecule has 2 heterocycles. The molecular formula is C8H6ClN5O2S. The Morgan fingerprint density at radius 2 is 1.65 bits per heavy atom. The van der Waals surface area contributed by atoms with Crippen molar-refractivity contribution in [2.24, 2.45) is 0 Å². The van der Waals surface area contributed by atoms with Crippen LogP contribution in [-0.4, -0.2) is 28.4 Å². The lowest BCUT2D eigenvalue weighted by Gasteiger charge is -2.04. The third-order valence-corrected chi connectivity index (χ3v) is 3.18. The van der Waals surface area contributed by atoms with E-state index in [-0.39, 0.29) is 16.1 Å². The van der Waals surface area contributed by atoms with Gasteiger partial charge in [-0.15, -0.1) is 0 Å². The summed E-state index contributed by atoms with van der Waals surface area (Å²) in [5, 5.41) is -0.0279. The summed E-state index contributed by atoms with van der Waals surface area (Å²) in [5.74, 6) is -0.0255. The molecule has 2 rings (SSSR count). The summed E-state index contributed by atoms with van der Waals surface area (Å²) in [5.41, 5.74) is 0. The van der Waals surface area contributed by atoms with E-state index in [0.29, 0.717) is 0 Å². The smallest absolute Gasteiger partial charge is 0.247 e. The number of hydrogen-bond acceptors (Lipinski definition) is 6. The molecule has 9 heteroatoms. The van der Waals surface area contributed by atoms with Crippen molar-refractivity contribution in [3.63, 3.8) is 0 Å². The molecule has 0 aliphatic rings. The summed E-state index contributed by atoms with van der Waals surface area (Å²) >= 11 is 5.46. The van der Waals surface area contributed by atoms with Crippen LogP contribution >= 0.6 is 11.6 Å². The monoisotopic (exact) mass is 271 g/mol. The molecule has 0 aliphatic heterocycles. The van der Waals surface area contributed by atoms with Crippen molar-refractivity contribution < 1.29 is 8.42 Å². The molecule has 2 aromatic heterocycles. The van der Waals surface area contributed by atoms with Crippen LogP contribution in [0.5, 0.6) is 0 Å². The van der Waals surface area contributed by atoms with Gasteiger partial charge in [0.1, 0.15) is 4.90 Å². The second-order valence-electron chi connectivity index (χ2n) is 2.87. The number of hydrogen-bond donors (Lipinski definition) is 1. The predicted octanol–water partition coefficient (Wildman–Crippen LogP) is 0.721. The molecule has 0 saturated carbocycles. The Labute approximate surface area is 102 Å². The van der Waals surface area contributed by atoms with Crippen LogP contribution in [0.1, 0.15) is 0 Å². The first-order chi connectivity index (χ1) is 8.08. The number of rotatable bonds is 3. The van der Waals surface area contributed by atoms with E-state index in [9.17, 15) is 8.42 Å². The Morgan fingerprint density at radius 3 is 2.24 bits per heavy atom. The van der Waals surface area contributed by atoms with Crippen molar-refractivity contribution in [3.8, 4) is 0 Å². The molecular weight excluding hydrogens is 266 g/mol. The van der Waals surface area contributed by atoms with Crippen LogP contribution in [0, 0.1) is 0 Å². The quantitative estimate of drug-likeness (QED) is 0.826. The summed E-state index contributed by atoms with van der Waals surface area (Å²) < 4.78 is 25.8. The Morgan fingerprint density at radius 1 is 1.06 bits per heavy atom. The van der Waals surface area contributed by atoms with E-state index in [4.69, 9.17) is 11.6 Å². The molecule has 0 atom stereocenters. The Hall–Kier alpha value is -1.80. The van der Waals surface area contributed by atoms with E-state index < -0.39 is 10.0 Å². The number of sulfonamides is 1. The fourth-order valence-corrected chi connectivity index (χ4v) is 1.91. The van der Waals surface area contributed by atoms with Crippen LogP contribution in [0.3, 0.4) is 0 Å². The fourth-order valence-electron chi connectivity index (χ4n) is 0.970. The van der Waals surface area contributed by atoms with Crippen molar-refractivity contribution in [2.45, 2.75) is 4.90 Å². The van der Waals surface area contributed by atoms with Crippen molar-refractivity contribution >= 4 is 27.6 Å². The van der Waals surface area contributed by atoms with Crippen LogP contribution in [0.15, 0.2) is 35.7 Å². The van der Waals surface area contributed by atoms with E-state index in [0.717, 1.165) is 12.4 Å². The van der Waals surface area contributed by atoms with Crippen LogP contribution in [-0.2, 0) is 10.0 Å². The van der Waals surface area contributed by atoms with Gasteiger partial charge in [0.25, 0.3) is 10.0 Å². The zero-order chi connectivity index (χ0) is 12.3. The van der Waals surface area contributed by atoms with Crippen LogP contribution in [0.4, 0.5) is 5.95 Å². The third-order valence-electron chi connectivity index (χ3n) is 1.70. The van der Waals surface area contributed by atoms with Gasteiger partial charge in [-0.2, -0.15) is 0 Å². The molecule has 0 aromatic carbocycles. The van der Waals surface area contributed by atoms with E-state index in [2.05, 4.69) is 24.7 Å². The lowest BCUT2D eigenvalue weighted by atomic mass is 10.7. The Bertz CT molecular complexity index is 602. The highest BCUT2D eigenvalue weighted by Gasteiger charge is 2.16. The molecule has 0 radical (unpaired) electrons. The van der Waals surface area contributed by atoms with Crippen molar-refractivity contribution in [1.29, 1.82) is 0 Å². The maximum Gasteiger partial charge on any atom is 0.267 e. The van der Waals surface area contributed by atoms with Gasteiger partial charge in [-0.3, -0.25) is 0 Å². The van der Waals surface area contributed by atoms with Crippen molar-refractivity contribution in [2.75, 3.05) is 4.72 Å². The summed E-state index contributed by atoms with van der Waals surface area (Å²) in [6.07, 6.45) is 5.04. The first-order valence-electron chi connectivity index (χ1n) is 4.35. The number of halogens is 1. The molecule has 17 heavy (non-hydrogen) atoms. The topological polar surface area (TPSA) is 97.7 Å². The van der Waals surface area contributed by atoms with Gasteiger partial charge in [0.15, 0.2) is 0 Å². The average molecular weight is 272 g/mol. The molecule has 0 aliphatic carbocycles. The van der Waals surface area contributed by atoms with Crippen molar-refractivity contribution in [1.82, 2.24) is 19.9 Å². The fraction of sp³-hybridized carbons (Fsp3) is 0. The first kappa shape index (κ1) is 11.7. The van der Waals surface area contributed by atoms with Crippen LogP contribution in [0.2, 0.25) is 5.28 Å². The molecule has 1 N–H and O–H groups in total. The standard InChI is InChI=1S/C8H6ClN5O2S/c9-7-12-4-6(5-13-7)17(15,16)14-8-10-2-1-3-11-8/h1-5H,(H,10,11,14). The molecule has 0 fully saturated rings. The predicted molar refractivity (Wildman–Crippen MR) is 59.9 cm³/mol. The number of nitrogens with one attached hydrogen (secondary N) is 1. The summed E-state index contributed by atoms with van der Waals surface area (Å²) in [7, 11) is -3.79. The SMILES string of the molecule is O=S(=O)(Nc1ncccn1)c1cnc(Cl)nc1. The maximum absolute atomic E-state index is 11.8. The molecule has 0 bridgehead atoms. The second kappa shape index (κ2) is 4.60. The van der Waals surface area contributed by atoms with Gasteiger partial charge in [0.2, 0.25) is 11.2 Å². The summed E-state index contributed by atoms with van der Waals surface area (Å²) in [6, 6.07) is 1.57. The third kappa shape index (κ3) is 2.86. The molecule has 7 nitrogen and oxygen atoms in total. The molecule has 2 aromatic rings. The number of nitrogens with zero attached hydrogens (tertiary/aromatic N) is 4. The maximum atomic E-state index is 11.8. The van der Waals surface area contributed by atoms with Gasteiger partial charge in [-0.1, -0.05) is 0 Å². The van der Waals surface area contributed by atoms with Gasteiger partial charge in [-0.25, -0.2) is 33.1 Å². The average Bonchev–Trinajstić information content (AvgIpc) is 2.30. The number of anilines is 1. The normalized spacial score (nSPS) is 11.1. The molecule has 88 valence electrons. The van der Waals surface area contributed by atoms with E-state index in [1.165, 1.54) is 12.4 Å². The summed E-state index contributed by atoms with van der Waals surface area (Å²) in [6.45, 7) is 0. The van der Waals surface area contributed by atoms with Crippen LogP contribution in [0.25, 0.3) is 0 Å². The lowest BCUT2D eigenvalue weighted by molar-refractivity contribution is 0.600. The molecule has 0 unspecified atom stereocenters. The molecule has 0 amide bonds. The van der Waals surface area contributed by atoms with E-state index in [1.54, 1.807) is 6.07 Å². The zero-order valence-corrected chi connectivity index (χ0v) is 9.85. The largest absolute Gasteiger partial charge is 0.267 e. The first-order valence-corrected chi connectivity index (χ1v) is 6.21. The number of aromatic nitrogens is 4. The molecule has 0 spiro atoms. The van der Waals surface area contributed by atoms with Gasteiger partial charge in [0.05, 0.1) is 12.4 Å². The Kier molecular flexibility index (Phi) is 3.16. The Balaban J connectivity index is 2.29. The molecule has 0 saturated heterocycles. The van der Waals surface area contributed by atoms with Gasteiger partial charge >= 0.3 is 0 Å². The van der Waals surface area contributed by atoms with Crippen LogP contribution < -0.4 is 4.72 Å². The lowest BCUT2D eigenvalue weighted by Crippen LogP contribution is -2.15. The second-order valence-corrected chi connectivity index (χ2v) is 4.89. The minimum absolute atomic E-state index is 0.0255. The van der Waals surface area contributed by atoms with E-state index >= 15 is 0 Å². The van der Waals surface area contributed by atoms with Crippen molar-refractivity contribution in [3.05, 3.63) is 36.1 Å². The van der Waals surface area contributed by atoms with E-state index in [1.807, 2.05) is 0 Å². The minimum atomic E-state index is -3.79. The highest BCUT2D eigenvalue weighted by atomic mass is 35.5. The van der Waals surface area contributed by atoms with Gasteiger partial charge in [-0.05, 0) is 17.7 Å².